The predicted octanol–water partition coefficient (Wildman–Crippen LogP) is 1.01. The topological polar surface area (TPSA) is 78.6 Å². The highest BCUT2D eigenvalue weighted by Crippen LogP contribution is 2.20. The van der Waals surface area contributed by atoms with Crippen LogP contribution in [0.4, 0.5) is 5.69 Å². The number of hydrogen-bond donors (Lipinski definition) is 3. The number of carbonyl (C=O) groups excluding carboxylic acids is 1. The number of amides is 1. The van der Waals surface area contributed by atoms with Crippen LogP contribution in [0.1, 0.15) is 25.5 Å². The number of likely N-dealkylation sites (N-methyl/N-ethyl adjacent to an activating group) is 1. The largest absolute Gasteiger partial charge is 0.398 e. The predicted molar refractivity (Wildman–Crippen MR) is 81.2 cm³/mol. The lowest BCUT2D eigenvalue weighted by molar-refractivity contribution is -0.122. The summed E-state index contributed by atoms with van der Waals surface area (Å²) in [4.78, 5) is 13.5. The summed E-state index contributed by atoms with van der Waals surface area (Å²) in [6.45, 7) is 5.39. The number of benzene rings is 1. The molecule has 0 aromatic heterocycles. The minimum Gasteiger partial charge on any atom is -0.398 e. The molecule has 0 bridgehead atoms. The molecule has 1 aromatic rings. The zero-order valence-electron chi connectivity index (χ0n) is 12.5. The molecule has 0 saturated carbocycles. The minimum atomic E-state index is -0.695. The van der Waals surface area contributed by atoms with Crippen LogP contribution >= 0.6 is 0 Å². The summed E-state index contributed by atoms with van der Waals surface area (Å²) in [5.41, 5.74) is 7.09. The average molecular weight is 279 g/mol. The number of aliphatic hydroxyl groups is 1. The van der Waals surface area contributed by atoms with Gasteiger partial charge < -0.3 is 16.2 Å². The normalized spacial score (nSPS) is 12.7. The van der Waals surface area contributed by atoms with Crippen LogP contribution in [0.5, 0.6) is 0 Å². The first-order chi connectivity index (χ1) is 9.40. The van der Waals surface area contributed by atoms with Crippen LogP contribution in [0.15, 0.2) is 24.3 Å². The van der Waals surface area contributed by atoms with Crippen LogP contribution in [0.2, 0.25) is 0 Å². The van der Waals surface area contributed by atoms with E-state index in [1.165, 1.54) is 0 Å². The van der Waals surface area contributed by atoms with Crippen molar-refractivity contribution < 1.29 is 9.90 Å². The highest BCUT2D eigenvalue weighted by molar-refractivity contribution is 5.77. The molecular weight excluding hydrogens is 254 g/mol. The van der Waals surface area contributed by atoms with Crippen molar-refractivity contribution in [2.45, 2.75) is 20.0 Å². The van der Waals surface area contributed by atoms with E-state index in [9.17, 15) is 9.90 Å². The number of carbonyl (C=O) groups is 1. The summed E-state index contributed by atoms with van der Waals surface area (Å²) in [6, 6.07) is 7.22. The Bertz CT molecular complexity index is 435. The maximum Gasteiger partial charge on any atom is 0.234 e. The van der Waals surface area contributed by atoms with Gasteiger partial charge in [-0.15, -0.1) is 0 Å². The van der Waals surface area contributed by atoms with Gasteiger partial charge in [0.15, 0.2) is 0 Å². The summed E-state index contributed by atoms with van der Waals surface area (Å²) >= 11 is 0. The molecule has 1 aromatic carbocycles. The summed E-state index contributed by atoms with van der Waals surface area (Å²) in [5, 5.41) is 13.0. The molecule has 0 spiro atoms. The summed E-state index contributed by atoms with van der Waals surface area (Å²) in [5.74, 6) is 0.397. The monoisotopic (exact) mass is 279 g/mol. The van der Waals surface area contributed by atoms with Crippen LogP contribution in [0.25, 0.3) is 0 Å². The molecule has 0 saturated heterocycles. The molecule has 0 heterocycles. The van der Waals surface area contributed by atoms with E-state index in [0.29, 0.717) is 30.3 Å². The molecule has 5 nitrogen and oxygen atoms in total. The van der Waals surface area contributed by atoms with Gasteiger partial charge in [-0.25, -0.2) is 0 Å². The Morgan fingerprint density at radius 2 is 2.05 bits per heavy atom. The summed E-state index contributed by atoms with van der Waals surface area (Å²) in [6.07, 6.45) is -0.695. The SMILES string of the molecule is CC(C)CNC(=O)CN(C)CC(O)c1ccccc1N. The Labute approximate surface area is 120 Å². The second kappa shape index (κ2) is 7.87. The van der Waals surface area contributed by atoms with Gasteiger partial charge in [0.2, 0.25) is 5.91 Å². The number of hydrogen-bond acceptors (Lipinski definition) is 4. The Kier molecular flexibility index (Phi) is 6.48. The summed E-state index contributed by atoms with van der Waals surface area (Å²) < 4.78 is 0. The Balaban J connectivity index is 2.44. The lowest BCUT2D eigenvalue weighted by atomic mass is 10.1. The van der Waals surface area contributed by atoms with E-state index in [0.717, 1.165) is 0 Å². The third kappa shape index (κ3) is 5.59. The molecule has 5 heteroatoms. The maximum absolute atomic E-state index is 11.7. The fourth-order valence-electron chi connectivity index (χ4n) is 1.89. The second-order valence-corrected chi connectivity index (χ2v) is 5.54. The van der Waals surface area contributed by atoms with Crippen molar-refractivity contribution in [2.24, 2.45) is 5.92 Å². The first kappa shape index (κ1) is 16.5. The van der Waals surface area contributed by atoms with Crippen molar-refractivity contribution in [3.63, 3.8) is 0 Å². The zero-order chi connectivity index (χ0) is 15.1. The first-order valence-corrected chi connectivity index (χ1v) is 6.87. The Morgan fingerprint density at radius 1 is 1.40 bits per heavy atom. The van der Waals surface area contributed by atoms with Gasteiger partial charge in [-0.3, -0.25) is 9.69 Å². The third-order valence-corrected chi connectivity index (χ3v) is 2.96. The molecule has 1 atom stereocenters. The fourth-order valence-corrected chi connectivity index (χ4v) is 1.89. The van der Waals surface area contributed by atoms with E-state index in [-0.39, 0.29) is 12.5 Å². The molecule has 0 aliphatic heterocycles. The first-order valence-electron chi connectivity index (χ1n) is 6.87. The van der Waals surface area contributed by atoms with Crippen LogP contribution in [-0.2, 0) is 4.79 Å². The van der Waals surface area contributed by atoms with E-state index in [1.54, 1.807) is 24.1 Å². The molecule has 0 fully saturated rings. The van der Waals surface area contributed by atoms with Gasteiger partial charge in [-0.05, 0) is 19.0 Å². The van der Waals surface area contributed by atoms with Gasteiger partial charge >= 0.3 is 0 Å². The Hall–Kier alpha value is -1.59. The second-order valence-electron chi connectivity index (χ2n) is 5.54. The standard InChI is InChI=1S/C15H25N3O2/c1-11(2)8-17-15(20)10-18(3)9-14(19)12-6-4-5-7-13(12)16/h4-7,11,14,19H,8-10,16H2,1-3H3,(H,17,20). The smallest absolute Gasteiger partial charge is 0.234 e. The Morgan fingerprint density at radius 3 is 2.65 bits per heavy atom. The number of anilines is 1. The number of nitrogen functional groups attached to an aromatic ring is 1. The quantitative estimate of drug-likeness (QED) is 0.651. The highest BCUT2D eigenvalue weighted by Gasteiger charge is 2.15. The number of rotatable bonds is 7. The molecule has 0 radical (unpaired) electrons. The van der Waals surface area contributed by atoms with Crippen LogP contribution in [0, 0.1) is 5.92 Å². The number of nitrogens with zero attached hydrogens (tertiary/aromatic N) is 1. The highest BCUT2D eigenvalue weighted by atomic mass is 16.3. The van der Waals surface area contributed by atoms with Crippen molar-refractivity contribution >= 4 is 11.6 Å². The van der Waals surface area contributed by atoms with E-state index < -0.39 is 6.10 Å². The van der Waals surface area contributed by atoms with Crippen LogP contribution in [0.3, 0.4) is 0 Å². The van der Waals surface area contributed by atoms with Crippen LogP contribution in [-0.4, -0.2) is 42.6 Å². The van der Waals surface area contributed by atoms with Gasteiger partial charge in [0.1, 0.15) is 0 Å². The van der Waals surface area contributed by atoms with E-state index in [1.807, 2.05) is 26.0 Å². The van der Waals surface area contributed by atoms with Gasteiger partial charge in [0.25, 0.3) is 0 Å². The molecular formula is C15H25N3O2. The van der Waals surface area contributed by atoms with E-state index >= 15 is 0 Å². The fraction of sp³-hybridized carbons (Fsp3) is 0.533. The van der Waals surface area contributed by atoms with Crippen molar-refractivity contribution in [1.29, 1.82) is 0 Å². The molecule has 112 valence electrons. The molecule has 0 aliphatic carbocycles. The van der Waals surface area contributed by atoms with Crippen molar-refractivity contribution in [1.82, 2.24) is 10.2 Å². The van der Waals surface area contributed by atoms with Gasteiger partial charge in [-0.1, -0.05) is 32.0 Å². The molecule has 20 heavy (non-hydrogen) atoms. The van der Waals surface area contributed by atoms with Crippen LogP contribution < -0.4 is 11.1 Å². The van der Waals surface area contributed by atoms with Gasteiger partial charge in [0, 0.05) is 24.3 Å². The minimum absolute atomic E-state index is 0.0329. The number of nitrogens with two attached hydrogens (primary N) is 1. The van der Waals surface area contributed by atoms with E-state index in [4.69, 9.17) is 5.73 Å². The van der Waals surface area contributed by atoms with Crippen molar-refractivity contribution in [2.75, 3.05) is 32.4 Å². The lowest BCUT2D eigenvalue weighted by Gasteiger charge is -2.21. The third-order valence-electron chi connectivity index (χ3n) is 2.96. The summed E-state index contributed by atoms with van der Waals surface area (Å²) in [7, 11) is 1.80. The lowest BCUT2D eigenvalue weighted by Crippen LogP contribution is -2.38. The number of aliphatic hydroxyl groups excluding tert-OH is 1. The molecule has 0 aliphatic rings. The van der Waals surface area contributed by atoms with Gasteiger partial charge in [-0.2, -0.15) is 0 Å². The number of para-hydroxylation sites is 1. The molecule has 1 rings (SSSR count). The zero-order valence-corrected chi connectivity index (χ0v) is 12.5. The molecule has 1 amide bonds. The van der Waals surface area contributed by atoms with Crippen molar-refractivity contribution in [3.8, 4) is 0 Å². The molecule has 4 N–H and O–H groups in total. The van der Waals surface area contributed by atoms with Crippen molar-refractivity contribution in [3.05, 3.63) is 29.8 Å². The average Bonchev–Trinajstić information content (AvgIpc) is 2.36. The molecule has 1 unspecified atom stereocenters. The maximum atomic E-state index is 11.7. The van der Waals surface area contributed by atoms with Gasteiger partial charge in [0.05, 0.1) is 12.6 Å². The van der Waals surface area contributed by atoms with E-state index in [2.05, 4.69) is 5.32 Å². The number of nitrogens with one attached hydrogen (secondary N) is 1.